The number of halogens is 1. The van der Waals surface area contributed by atoms with Gasteiger partial charge in [-0.15, -0.1) is 21.5 Å². The van der Waals surface area contributed by atoms with E-state index in [2.05, 4.69) is 15.5 Å². The van der Waals surface area contributed by atoms with Gasteiger partial charge in [-0.05, 0) is 36.1 Å². The van der Waals surface area contributed by atoms with Crippen molar-refractivity contribution in [3.8, 4) is 11.4 Å². The van der Waals surface area contributed by atoms with Crippen LogP contribution in [0.4, 0.5) is 4.39 Å². The molecular weight excluding hydrogens is 431 g/mol. The normalized spacial score (nSPS) is 11.9. The van der Waals surface area contributed by atoms with Crippen molar-refractivity contribution >= 4 is 29.0 Å². The average molecular weight is 453 g/mol. The Morgan fingerprint density at radius 3 is 2.61 bits per heavy atom. The summed E-state index contributed by atoms with van der Waals surface area (Å²) in [5.74, 6) is 0.188. The van der Waals surface area contributed by atoms with Gasteiger partial charge in [0.05, 0.1) is 23.9 Å². The van der Waals surface area contributed by atoms with E-state index in [0.717, 1.165) is 10.4 Å². The Labute approximate surface area is 188 Å². The molecule has 0 saturated carbocycles. The van der Waals surface area contributed by atoms with Crippen LogP contribution >= 0.6 is 23.1 Å². The fourth-order valence-electron chi connectivity index (χ4n) is 3.17. The van der Waals surface area contributed by atoms with Crippen LogP contribution in [0.25, 0.3) is 11.4 Å². The Bertz CT molecular complexity index is 1150. The molecule has 0 bridgehead atoms. The molecule has 31 heavy (non-hydrogen) atoms. The number of nitrogens with zero attached hydrogens (tertiary/aromatic N) is 3. The summed E-state index contributed by atoms with van der Waals surface area (Å²) in [6, 6.07) is 20.3. The second-order valence-corrected chi connectivity index (χ2v) is 8.87. The van der Waals surface area contributed by atoms with Gasteiger partial charge in [0.2, 0.25) is 5.91 Å². The quantitative estimate of drug-likeness (QED) is 0.375. The lowest BCUT2D eigenvalue weighted by Gasteiger charge is -2.13. The van der Waals surface area contributed by atoms with Crippen LogP contribution in [-0.4, -0.2) is 26.4 Å². The Kier molecular flexibility index (Phi) is 6.79. The lowest BCUT2D eigenvalue weighted by Crippen LogP contribution is -2.27. The molecule has 0 fully saturated rings. The van der Waals surface area contributed by atoms with Gasteiger partial charge in [-0.3, -0.25) is 9.36 Å². The molecule has 8 heteroatoms. The summed E-state index contributed by atoms with van der Waals surface area (Å²) >= 11 is 2.90. The predicted octanol–water partition coefficient (Wildman–Crippen LogP) is 5.16. The lowest BCUT2D eigenvalue weighted by molar-refractivity contribution is -0.119. The largest absolute Gasteiger partial charge is 0.348 e. The third-order valence-electron chi connectivity index (χ3n) is 4.69. The number of hydrogen-bond acceptors (Lipinski definition) is 5. The zero-order valence-corrected chi connectivity index (χ0v) is 18.5. The zero-order chi connectivity index (χ0) is 21.6. The number of aromatic nitrogens is 3. The van der Waals surface area contributed by atoms with E-state index in [0.29, 0.717) is 23.1 Å². The highest BCUT2D eigenvalue weighted by atomic mass is 32.2. The molecule has 0 unspecified atom stereocenters. The predicted molar refractivity (Wildman–Crippen MR) is 123 cm³/mol. The Hall–Kier alpha value is -2.97. The van der Waals surface area contributed by atoms with E-state index in [-0.39, 0.29) is 23.5 Å². The van der Waals surface area contributed by atoms with Crippen LogP contribution in [0.3, 0.4) is 0 Å². The maximum Gasteiger partial charge on any atom is 0.230 e. The Balaban J connectivity index is 1.54. The van der Waals surface area contributed by atoms with Crippen LogP contribution < -0.4 is 5.32 Å². The van der Waals surface area contributed by atoms with Crippen LogP contribution in [0.5, 0.6) is 0 Å². The molecule has 0 aliphatic rings. The van der Waals surface area contributed by atoms with Crippen molar-refractivity contribution in [3.63, 3.8) is 0 Å². The van der Waals surface area contributed by atoms with Gasteiger partial charge in [0.25, 0.3) is 0 Å². The molecule has 1 atom stereocenters. The van der Waals surface area contributed by atoms with Crippen molar-refractivity contribution in [3.05, 3.63) is 88.4 Å². The topological polar surface area (TPSA) is 59.8 Å². The van der Waals surface area contributed by atoms with E-state index in [1.807, 2.05) is 59.3 Å². The summed E-state index contributed by atoms with van der Waals surface area (Å²) in [6.45, 7) is 2.44. The number of nitrogens with one attached hydrogen (secondary N) is 1. The van der Waals surface area contributed by atoms with Crippen molar-refractivity contribution in [2.75, 3.05) is 5.75 Å². The summed E-state index contributed by atoms with van der Waals surface area (Å²) in [4.78, 5) is 13.6. The molecule has 1 N–H and O–H groups in total. The monoisotopic (exact) mass is 452 g/mol. The average Bonchev–Trinajstić information content (AvgIpc) is 3.44. The van der Waals surface area contributed by atoms with Crippen molar-refractivity contribution in [1.29, 1.82) is 0 Å². The van der Waals surface area contributed by atoms with Crippen molar-refractivity contribution in [2.24, 2.45) is 0 Å². The first-order valence-corrected chi connectivity index (χ1v) is 11.7. The summed E-state index contributed by atoms with van der Waals surface area (Å²) in [7, 11) is 0. The highest BCUT2D eigenvalue weighted by molar-refractivity contribution is 7.99. The SMILES string of the molecule is C[C@@H](NC(=O)CSc1nnc(-c2ccccc2F)n1Cc1ccccc1)c1cccs1. The van der Waals surface area contributed by atoms with Gasteiger partial charge in [0.1, 0.15) is 5.82 Å². The minimum absolute atomic E-state index is 0.0516. The molecule has 0 aliphatic heterocycles. The number of benzene rings is 2. The number of thiophene rings is 1. The van der Waals surface area contributed by atoms with E-state index in [9.17, 15) is 9.18 Å². The van der Waals surface area contributed by atoms with Gasteiger partial charge < -0.3 is 5.32 Å². The van der Waals surface area contributed by atoms with Crippen LogP contribution in [0.2, 0.25) is 0 Å². The maximum atomic E-state index is 14.4. The van der Waals surface area contributed by atoms with Crippen LogP contribution in [0.1, 0.15) is 23.4 Å². The van der Waals surface area contributed by atoms with Crippen LogP contribution in [0, 0.1) is 5.82 Å². The molecule has 5 nitrogen and oxygen atoms in total. The molecule has 0 radical (unpaired) electrons. The van der Waals surface area contributed by atoms with E-state index >= 15 is 0 Å². The van der Waals surface area contributed by atoms with Gasteiger partial charge in [-0.25, -0.2) is 4.39 Å². The summed E-state index contributed by atoms with van der Waals surface area (Å²) in [6.07, 6.45) is 0. The number of carbonyl (C=O) groups excluding carboxylic acids is 1. The van der Waals surface area contributed by atoms with E-state index in [1.165, 1.54) is 17.8 Å². The van der Waals surface area contributed by atoms with Crippen LogP contribution in [0.15, 0.2) is 77.3 Å². The number of hydrogen-bond donors (Lipinski definition) is 1. The summed E-state index contributed by atoms with van der Waals surface area (Å²) in [5.41, 5.74) is 1.42. The Morgan fingerprint density at radius 2 is 1.87 bits per heavy atom. The first-order chi connectivity index (χ1) is 15.1. The minimum atomic E-state index is -0.358. The second-order valence-electron chi connectivity index (χ2n) is 6.95. The number of rotatable bonds is 8. The number of thioether (sulfide) groups is 1. The fraction of sp³-hybridized carbons (Fsp3) is 0.174. The van der Waals surface area contributed by atoms with Crippen molar-refractivity contribution in [1.82, 2.24) is 20.1 Å². The van der Waals surface area contributed by atoms with E-state index < -0.39 is 0 Å². The van der Waals surface area contributed by atoms with Crippen molar-refractivity contribution < 1.29 is 9.18 Å². The molecule has 158 valence electrons. The zero-order valence-electron chi connectivity index (χ0n) is 16.9. The molecule has 4 rings (SSSR count). The molecular formula is C23H21FN4OS2. The molecule has 2 heterocycles. The first-order valence-electron chi connectivity index (χ1n) is 9.79. The highest BCUT2D eigenvalue weighted by Gasteiger charge is 2.19. The molecule has 0 aliphatic carbocycles. The molecule has 0 saturated heterocycles. The number of carbonyl (C=O) groups is 1. The number of amides is 1. The molecule has 2 aromatic carbocycles. The van der Waals surface area contributed by atoms with Gasteiger partial charge in [0, 0.05) is 4.88 Å². The van der Waals surface area contributed by atoms with E-state index in [1.54, 1.807) is 29.5 Å². The molecule has 1 amide bonds. The molecule has 2 aromatic heterocycles. The lowest BCUT2D eigenvalue weighted by atomic mass is 10.2. The van der Waals surface area contributed by atoms with Gasteiger partial charge >= 0.3 is 0 Å². The smallest absolute Gasteiger partial charge is 0.230 e. The third kappa shape index (κ3) is 5.21. The van der Waals surface area contributed by atoms with Crippen molar-refractivity contribution in [2.45, 2.75) is 24.7 Å². The van der Waals surface area contributed by atoms with E-state index in [4.69, 9.17) is 0 Å². The van der Waals surface area contributed by atoms with Gasteiger partial charge in [0.15, 0.2) is 11.0 Å². The maximum absolute atomic E-state index is 14.4. The first kappa shape index (κ1) is 21.3. The third-order valence-corrected chi connectivity index (χ3v) is 6.72. The Morgan fingerprint density at radius 1 is 1.10 bits per heavy atom. The molecule has 4 aromatic rings. The standard InChI is InChI=1S/C23H21FN4OS2/c1-16(20-12-7-13-30-20)25-21(29)15-31-23-27-26-22(18-10-5-6-11-19(18)24)28(23)14-17-8-3-2-4-9-17/h2-13,16H,14-15H2,1H3,(H,25,29)/t16-/m1/s1. The molecule has 0 spiro atoms. The summed E-state index contributed by atoms with van der Waals surface area (Å²) < 4.78 is 16.3. The highest BCUT2D eigenvalue weighted by Crippen LogP contribution is 2.27. The summed E-state index contributed by atoms with van der Waals surface area (Å²) in [5, 5.41) is 14.1. The minimum Gasteiger partial charge on any atom is -0.348 e. The fourth-order valence-corrected chi connectivity index (χ4v) is 4.65. The van der Waals surface area contributed by atoms with Gasteiger partial charge in [-0.1, -0.05) is 60.3 Å². The van der Waals surface area contributed by atoms with Crippen LogP contribution in [-0.2, 0) is 11.3 Å². The van der Waals surface area contributed by atoms with Gasteiger partial charge in [-0.2, -0.15) is 0 Å². The second kappa shape index (κ2) is 9.89.